The lowest BCUT2D eigenvalue weighted by molar-refractivity contribution is 0.160. The Morgan fingerprint density at radius 1 is 0.958 bits per heavy atom. The first-order chi connectivity index (χ1) is 11.5. The molecule has 0 N–H and O–H groups in total. The summed E-state index contributed by atoms with van der Waals surface area (Å²) in [5, 5.41) is 0. The van der Waals surface area contributed by atoms with E-state index in [1.165, 1.54) is 12.3 Å². The van der Waals surface area contributed by atoms with Crippen LogP contribution in [0.1, 0.15) is 17.0 Å². The third-order valence-corrected chi connectivity index (χ3v) is 4.19. The Morgan fingerprint density at radius 2 is 1.50 bits per heavy atom. The molecule has 124 valence electrons. The fourth-order valence-electron chi connectivity index (χ4n) is 2.75. The van der Waals surface area contributed by atoms with E-state index in [1.54, 1.807) is 6.08 Å². The molecule has 3 rings (SSSR count). The second kappa shape index (κ2) is 6.93. The average Bonchev–Trinajstić information content (AvgIpc) is 2.56. The van der Waals surface area contributed by atoms with Gasteiger partial charge in [0.2, 0.25) is 0 Å². The summed E-state index contributed by atoms with van der Waals surface area (Å²) in [4.78, 5) is 0. The number of hydrogen-bond donors (Lipinski definition) is 0. The minimum absolute atomic E-state index is 0.0736. The Labute approximate surface area is 142 Å². The first-order valence-corrected chi connectivity index (χ1v) is 9.38. The van der Waals surface area contributed by atoms with E-state index >= 15 is 0 Å². The lowest BCUT2D eigenvalue weighted by atomic mass is 9.86. The maximum atomic E-state index is 11.4. The third-order valence-electron chi connectivity index (χ3n) is 3.69. The van der Waals surface area contributed by atoms with Crippen LogP contribution in [0.2, 0.25) is 0 Å². The average molecular weight is 342 g/mol. The second-order valence-electron chi connectivity index (χ2n) is 5.56. The van der Waals surface area contributed by atoms with Crippen LogP contribution in [0.4, 0.5) is 0 Å². The summed E-state index contributed by atoms with van der Waals surface area (Å²) in [7, 11) is -3.58. The van der Waals surface area contributed by atoms with Crippen LogP contribution in [-0.4, -0.2) is 20.8 Å². The normalized spacial score (nSPS) is 17.2. The van der Waals surface area contributed by atoms with Crippen LogP contribution in [0.15, 0.2) is 84.8 Å². The molecule has 0 saturated carbocycles. The molecule has 4 nitrogen and oxygen atoms in total. The molecule has 0 spiro atoms. The van der Waals surface area contributed by atoms with Crippen molar-refractivity contribution >= 4 is 10.1 Å². The van der Waals surface area contributed by atoms with Crippen molar-refractivity contribution in [1.82, 2.24) is 0 Å². The van der Waals surface area contributed by atoms with Gasteiger partial charge in [-0.05, 0) is 11.1 Å². The van der Waals surface area contributed by atoms with Gasteiger partial charge in [0.25, 0.3) is 0 Å². The zero-order chi connectivity index (χ0) is 17.0. The number of ether oxygens (including phenoxy) is 1. The highest BCUT2D eigenvalue weighted by molar-refractivity contribution is 7.86. The molecule has 0 fully saturated rings. The number of hydrogen-bond acceptors (Lipinski definition) is 4. The number of benzene rings is 2. The topological polar surface area (TPSA) is 52.6 Å². The van der Waals surface area contributed by atoms with Gasteiger partial charge < -0.3 is 8.92 Å². The fourth-order valence-corrected chi connectivity index (χ4v) is 3.21. The van der Waals surface area contributed by atoms with Crippen molar-refractivity contribution in [3.63, 3.8) is 0 Å². The molecule has 1 heterocycles. The van der Waals surface area contributed by atoms with Crippen LogP contribution in [0.3, 0.4) is 0 Å². The Kier molecular flexibility index (Phi) is 4.71. The van der Waals surface area contributed by atoms with Crippen LogP contribution in [0.25, 0.3) is 0 Å². The van der Waals surface area contributed by atoms with Crippen LogP contribution in [-0.2, 0) is 19.0 Å². The molecule has 0 aromatic heterocycles. The largest absolute Gasteiger partial charge is 0.493 e. The van der Waals surface area contributed by atoms with E-state index in [4.69, 9.17) is 8.92 Å². The fraction of sp³-hybridized carbons (Fsp3) is 0.158. The second-order valence-corrected chi connectivity index (χ2v) is 7.13. The third kappa shape index (κ3) is 4.06. The first kappa shape index (κ1) is 16.3. The molecule has 0 amide bonds. The van der Waals surface area contributed by atoms with E-state index in [1.807, 2.05) is 60.7 Å². The van der Waals surface area contributed by atoms with Crippen molar-refractivity contribution in [3.8, 4) is 0 Å². The van der Waals surface area contributed by atoms with Gasteiger partial charge in [0.15, 0.2) is 0 Å². The molecule has 0 radical (unpaired) electrons. The Bertz CT molecular complexity index is 800. The molecule has 24 heavy (non-hydrogen) atoms. The monoisotopic (exact) mass is 342 g/mol. The van der Waals surface area contributed by atoms with Crippen molar-refractivity contribution in [2.75, 3.05) is 6.26 Å². The lowest BCUT2D eigenvalue weighted by Crippen LogP contribution is -2.22. The molecule has 0 aliphatic carbocycles. The zero-order valence-corrected chi connectivity index (χ0v) is 14.0. The molecule has 1 aliphatic rings. The van der Waals surface area contributed by atoms with Gasteiger partial charge in [-0.25, -0.2) is 0 Å². The molecule has 0 bridgehead atoms. The molecule has 5 heteroatoms. The number of allylic oxidation sites excluding steroid dienone is 1. The van der Waals surface area contributed by atoms with Gasteiger partial charge in [-0.15, -0.1) is 0 Å². The minimum atomic E-state index is -3.58. The van der Waals surface area contributed by atoms with Gasteiger partial charge in [0, 0.05) is 18.1 Å². The lowest BCUT2D eigenvalue weighted by Gasteiger charge is -2.27. The molecule has 0 saturated heterocycles. The summed E-state index contributed by atoms with van der Waals surface area (Å²) < 4.78 is 33.5. The van der Waals surface area contributed by atoms with E-state index < -0.39 is 10.1 Å². The molecular weight excluding hydrogens is 324 g/mol. The Hall–Kier alpha value is -2.53. The molecule has 1 atom stereocenters. The smallest absolute Gasteiger partial charge is 0.306 e. The van der Waals surface area contributed by atoms with E-state index in [9.17, 15) is 8.42 Å². The number of rotatable bonds is 5. The molecule has 1 unspecified atom stereocenters. The van der Waals surface area contributed by atoms with Crippen molar-refractivity contribution in [1.29, 1.82) is 0 Å². The maximum absolute atomic E-state index is 11.4. The summed E-state index contributed by atoms with van der Waals surface area (Å²) in [6.45, 7) is 0. The Balaban J connectivity index is 1.99. The van der Waals surface area contributed by atoms with Crippen LogP contribution < -0.4 is 0 Å². The summed E-state index contributed by atoms with van der Waals surface area (Å²) in [6.07, 6.45) is 5.34. The predicted molar refractivity (Wildman–Crippen MR) is 92.8 cm³/mol. The first-order valence-electron chi connectivity index (χ1n) is 7.56. The Morgan fingerprint density at radius 3 is 2.00 bits per heavy atom. The van der Waals surface area contributed by atoms with Gasteiger partial charge in [-0.3, -0.25) is 0 Å². The van der Waals surface area contributed by atoms with Crippen molar-refractivity contribution in [3.05, 3.63) is 96.0 Å². The van der Waals surface area contributed by atoms with Crippen molar-refractivity contribution < 1.29 is 17.3 Å². The molecule has 1 aliphatic heterocycles. The molecule has 2 aromatic rings. The summed E-state index contributed by atoms with van der Waals surface area (Å²) in [5.41, 5.74) is 2.16. The van der Waals surface area contributed by atoms with Crippen LogP contribution in [0.5, 0.6) is 0 Å². The van der Waals surface area contributed by atoms with E-state index in [0.29, 0.717) is 0 Å². The maximum Gasteiger partial charge on any atom is 0.306 e. The van der Waals surface area contributed by atoms with Crippen LogP contribution >= 0.6 is 0 Å². The van der Waals surface area contributed by atoms with Gasteiger partial charge >= 0.3 is 10.1 Å². The standard InChI is InChI=1S/C19H18O4S/c1-24(20,21)23-17-12-13-22-18(14-17)19(15-8-4-2-5-9-15)16-10-6-3-7-11-16/h2-14,18-19H,1H3. The molecule has 2 aromatic carbocycles. The minimum Gasteiger partial charge on any atom is -0.493 e. The van der Waals surface area contributed by atoms with Gasteiger partial charge in [0.05, 0.1) is 12.5 Å². The predicted octanol–water partition coefficient (Wildman–Crippen LogP) is 3.59. The van der Waals surface area contributed by atoms with Crippen LogP contribution in [0, 0.1) is 0 Å². The van der Waals surface area contributed by atoms with E-state index in [2.05, 4.69) is 0 Å². The molecular formula is C19H18O4S. The van der Waals surface area contributed by atoms with E-state index in [-0.39, 0.29) is 17.8 Å². The van der Waals surface area contributed by atoms with Crippen molar-refractivity contribution in [2.45, 2.75) is 12.0 Å². The highest BCUT2D eigenvalue weighted by Crippen LogP contribution is 2.33. The summed E-state index contributed by atoms with van der Waals surface area (Å²) in [6, 6.07) is 19.9. The highest BCUT2D eigenvalue weighted by Gasteiger charge is 2.27. The zero-order valence-electron chi connectivity index (χ0n) is 13.2. The SMILES string of the molecule is CS(=O)(=O)OC1=CC(C(c2ccccc2)c2ccccc2)OC=C1. The van der Waals surface area contributed by atoms with Gasteiger partial charge in [-0.2, -0.15) is 8.42 Å². The van der Waals surface area contributed by atoms with Crippen molar-refractivity contribution in [2.24, 2.45) is 0 Å². The summed E-state index contributed by atoms with van der Waals surface area (Å²) >= 11 is 0. The van der Waals surface area contributed by atoms with E-state index in [0.717, 1.165) is 17.4 Å². The van der Waals surface area contributed by atoms with Gasteiger partial charge in [-0.1, -0.05) is 60.7 Å². The summed E-state index contributed by atoms with van der Waals surface area (Å²) in [5.74, 6) is 0.195. The highest BCUT2D eigenvalue weighted by atomic mass is 32.2. The quantitative estimate of drug-likeness (QED) is 0.779. The van der Waals surface area contributed by atoms with Gasteiger partial charge in [0.1, 0.15) is 11.9 Å².